The predicted octanol–water partition coefficient (Wildman–Crippen LogP) is 2.95. The second-order valence-electron chi connectivity index (χ2n) is 5.44. The number of rotatable bonds is 4. The Hall–Kier alpha value is -1.55. The number of aryl methyl sites for hydroxylation is 1. The number of anilines is 1. The fourth-order valence-electron chi connectivity index (χ4n) is 1.68. The number of carbonyl (C=O) groups is 1. The summed E-state index contributed by atoms with van der Waals surface area (Å²) >= 11 is 0. The average Bonchev–Trinajstić information content (AvgIpc) is 2.34. The van der Waals surface area contributed by atoms with Gasteiger partial charge in [-0.05, 0) is 44.9 Å². The molecule has 0 atom stereocenters. The van der Waals surface area contributed by atoms with Crippen LogP contribution < -0.4 is 10.6 Å². The summed E-state index contributed by atoms with van der Waals surface area (Å²) in [5.41, 5.74) is 7.12. The second kappa shape index (κ2) is 6.57. The molecule has 0 unspecified atom stereocenters. The Balaban J connectivity index is 2.89. The number of nitrogens with zero attached hydrogens (tertiary/aromatic N) is 1. The highest BCUT2D eigenvalue weighted by Crippen LogP contribution is 2.19. The van der Waals surface area contributed by atoms with Gasteiger partial charge in [0, 0.05) is 18.8 Å². The summed E-state index contributed by atoms with van der Waals surface area (Å²) in [4.78, 5) is 13.7. The molecule has 0 fully saturated rings. The van der Waals surface area contributed by atoms with Crippen LogP contribution in [0, 0.1) is 0 Å². The van der Waals surface area contributed by atoms with E-state index < -0.39 is 5.60 Å². The molecule has 19 heavy (non-hydrogen) atoms. The molecule has 1 aromatic carbocycles. The first-order valence-corrected chi connectivity index (χ1v) is 6.67. The van der Waals surface area contributed by atoms with E-state index in [9.17, 15) is 4.79 Å². The number of hydrogen-bond acceptors (Lipinski definition) is 3. The molecule has 1 rings (SSSR count). The van der Waals surface area contributed by atoms with E-state index in [1.54, 1.807) is 4.90 Å². The third-order valence-corrected chi connectivity index (χ3v) is 2.62. The number of benzene rings is 1. The van der Waals surface area contributed by atoms with Gasteiger partial charge < -0.3 is 10.5 Å². The fraction of sp³-hybridized carbons (Fsp3) is 0.533. The first-order chi connectivity index (χ1) is 8.87. The van der Waals surface area contributed by atoms with Crippen molar-refractivity contribution in [1.82, 2.24) is 0 Å². The van der Waals surface area contributed by atoms with Gasteiger partial charge in [-0.1, -0.05) is 19.1 Å². The normalized spacial score (nSPS) is 11.2. The quantitative estimate of drug-likeness (QED) is 0.909. The van der Waals surface area contributed by atoms with Crippen molar-refractivity contribution in [3.05, 3.63) is 29.8 Å². The van der Waals surface area contributed by atoms with Crippen LogP contribution in [-0.2, 0) is 11.2 Å². The van der Waals surface area contributed by atoms with E-state index in [0.717, 1.165) is 12.1 Å². The molecule has 0 aliphatic carbocycles. The van der Waals surface area contributed by atoms with Gasteiger partial charge in [0.05, 0.1) is 0 Å². The van der Waals surface area contributed by atoms with E-state index in [-0.39, 0.29) is 6.09 Å². The van der Waals surface area contributed by atoms with Crippen molar-refractivity contribution in [3.8, 4) is 0 Å². The topological polar surface area (TPSA) is 55.6 Å². The van der Waals surface area contributed by atoms with Gasteiger partial charge in [0.2, 0.25) is 0 Å². The first kappa shape index (κ1) is 15.5. The minimum Gasteiger partial charge on any atom is -0.443 e. The highest BCUT2D eigenvalue weighted by Gasteiger charge is 2.22. The Morgan fingerprint density at radius 1 is 1.26 bits per heavy atom. The number of nitrogens with two attached hydrogens (primary N) is 1. The maximum atomic E-state index is 12.2. The highest BCUT2D eigenvalue weighted by molar-refractivity contribution is 5.87. The van der Waals surface area contributed by atoms with E-state index in [1.807, 2.05) is 45.0 Å². The molecule has 2 N–H and O–H groups in total. The SMILES string of the molecule is CCc1ccc(N(CCN)C(=O)OC(C)(C)C)cc1. The molecule has 0 aliphatic rings. The monoisotopic (exact) mass is 264 g/mol. The second-order valence-corrected chi connectivity index (χ2v) is 5.44. The standard InChI is InChI=1S/C15H24N2O2/c1-5-12-6-8-13(9-7-12)17(11-10-16)14(18)19-15(2,3)4/h6-9H,5,10-11,16H2,1-4H3. The van der Waals surface area contributed by atoms with Crippen LogP contribution >= 0.6 is 0 Å². The van der Waals surface area contributed by atoms with Crippen molar-refractivity contribution >= 4 is 11.8 Å². The Labute approximate surface area is 115 Å². The molecule has 106 valence electrons. The van der Waals surface area contributed by atoms with Crippen LogP contribution in [0.25, 0.3) is 0 Å². The molecular formula is C15H24N2O2. The molecule has 4 heteroatoms. The van der Waals surface area contributed by atoms with Crippen molar-refractivity contribution < 1.29 is 9.53 Å². The molecule has 0 aliphatic heterocycles. The van der Waals surface area contributed by atoms with Crippen LogP contribution in [0.5, 0.6) is 0 Å². The van der Waals surface area contributed by atoms with Crippen molar-refractivity contribution in [2.24, 2.45) is 5.73 Å². The van der Waals surface area contributed by atoms with Crippen LogP contribution in [0.4, 0.5) is 10.5 Å². The van der Waals surface area contributed by atoms with Gasteiger partial charge >= 0.3 is 6.09 Å². The molecule has 0 aromatic heterocycles. The number of amides is 1. The lowest BCUT2D eigenvalue weighted by Gasteiger charge is -2.27. The summed E-state index contributed by atoms with van der Waals surface area (Å²) < 4.78 is 5.39. The molecule has 4 nitrogen and oxygen atoms in total. The lowest BCUT2D eigenvalue weighted by molar-refractivity contribution is 0.0581. The summed E-state index contributed by atoms with van der Waals surface area (Å²) in [6.07, 6.45) is 0.617. The van der Waals surface area contributed by atoms with Crippen molar-refractivity contribution in [3.63, 3.8) is 0 Å². The lowest BCUT2D eigenvalue weighted by Crippen LogP contribution is -2.39. The molecule has 0 heterocycles. The highest BCUT2D eigenvalue weighted by atomic mass is 16.6. The summed E-state index contributed by atoms with van der Waals surface area (Å²) in [5.74, 6) is 0. The van der Waals surface area contributed by atoms with Crippen molar-refractivity contribution in [1.29, 1.82) is 0 Å². The van der Waals surface area contributed by atoms with Gasteiger partial charge in [0.15, 0.2) is 0 Å². The van der Waals surface area contributed by atoms with Crippen LogP contribution in [0.15, 0.2) is 24.3 Å². The molecule has 0 spiro atoms. The van der Waals surface area contributed by atoms with Gasteiger partial charge in [-0.15, -0.1) is 0 Å². The fourth-order valence-corrected chi connectivity index (χ4v) is 1.68. The van der Waals surface area contributed by atoms with Crippen LogP contribution in [-0.4, -0.2) is 24.8 Å². The van der Waals surface area contributed by atoms with Gasteiger partial charge in [0.1, 0.15) is 5.60 Å². The Bertz CT molecular complexity index is 407. The zero-order valence-corrected chi connectivity index (χ0v) is 12.3. The van der Waals surface area contributed by atoms with Gasteiger partial charge in [-0.25, -0.2) is 4.79 Å². The molecule has 1 aromatic rings. The number of hydrogen-bond donors (Lipinski definition) is 1. The van der Waals surface area contributed by atoms with Gasteiger partial charge in [-0.2, -0.15) is 0 Å². The Morgan fingerprint density at radius 3 is 2.26 bits per heavy atom. The summed E-state index contributed by atoms with van der Waals surface area (Å²) in [6.45, 7) is 8.50. The van der Waals surface area contributed by atoms with Gasteiger partial charge in [-0.3, -0.25) is 4.90 Å². The van der Waals surface area contributed by atoms with Crippen LogP contribution in [0.3, 0.4) is 0 Å². The summed E-state index contributed by atoms with van der Waals surface area (Å²) in [5, 5.41) is 0. The van der Waals surface area contributed by atoms with Crippen molar-refractivity contribution in [2.75, 3.05) is 18.0 Å². The minimum atomic E-state index is -0.507. The number of carbonyl (C=O) groups excluding carboxylic acids is 1. The molecular weight excluding hydrogens is 240 g/mol. The maximum Gasteiger partial charge on any atom is 0.414 e. The largest absolute Gasteiger partial charge is 0.443 e. The molecule has 1 amide bonds. The van der Waals surface area contributed by atoms with Crippen LogP contribution in [0.1, 0.15) is 33.3 Å². The van der Waals surface area contributed by atoms with Gasteiger partial charge in [0.25, 0.3) is 0 Å². The zero-order chi connectivity index (χ0) is 14.5. The zero-order valence-electron chi connectivity index (χ0n) is 12.3. The molecule has 0 saturated carbocycles. The smallest absolute Gasteiger partial charge is 0.414 e. The molecule has 0 radical (unpaired) electrons. The number of ether oxygens (including phenoxy) is 1. The Morgan fingerprint density at radius 2 is 1.84 bits per heavy atom. The third-order valence-electron chi connectivity index (χ3n) is 2.62. The predicted molar refractivity (Wildman–Crippen MR) is 78.5 cm³/mol. The first-order valence-electron chi connectivity index (χ1n) is 6.67. The Kier molecular flexibility index (Phi) is 5.36. The molecule has 0 bridgehead atoms. The van der Waals surface area contributed by atoms with E-state index in [4.69, 9.17) is 10.5 Å². The van der Waals surface area contributed by atoms with E-state index >= 15 is 0 Å². The van der Waals surface area contributed by atoms with Crippen molar-refractivity contribution in [2.45, 2.75) is 39.7 Å². The third kappa shape index (κ3) is 4.91. The average molecular weight is 264 g/mol. The van der Waals surface area contributed by atoms with E-state index in [0.29, 0.717) is 13.1 Å². The minimum absolute atomic E-state index is 0.359. The van der Waals surface area contributed by atoms with Crippen LogP contribution in [0.2, 0.25) is 0 Å². The maximum absolute atomic E-state index is 12.2. The van der Waals surface area contributed by atoms with E-state index in [2.05, 4.69) is 6.92 Å². The molecule has 0 saturated heterocycles. The van der Waals surface area contributed by atoms with E-state index in [1.165, 1.54) is 5.56 Å². The summed E-state index contributed by atoms with van der Waals surface area (Å²) in [6, 6.07) is 7.89. The lowest BCUT2D eigenvalue weighted by atomic mass is 10.1. The summed E-state index contributed by atoms with van der Waals surface area (Å²) in [7, 11) is 0.